The van der Waals surface area contributed by atoms with Crippen LogP contribution in [0.1, 0.15) is 43.1 Å². The fraction of sp³-hybridized carbons (Fsp3) is 0.500. The summed E-state index contributed by atoms with van der Waals surface area (Å²) in [4.78, 5) is 23.1. The van der Waals surface area contributed by atoms with Crippen molar-refractivity contribution in [1.82, 2.24) is 9.88 Å². The van der Waals surface area contributed by atoms with E-state index in [1.54, 1.807) is 17.0 Å². The van der Waals surface area contributed by atoms with Gasteiger partial charge in [-0.1, -0.05) is 22.9 Å². The summed E-state index contributed by atoms with van der Waals surface area (Å²) in [5, 5.41) is 1.30. The van der Waals surface area contributed by atoms with E-state index in [4.69, 9.17) is 35.5 Å². The van der Waals surface area contributed by atoms with Crippen molar-refractivity contribution in [3.63, 3.8) is 0 Å². The van der Waals surface area contributed by atoms with Crippen LogP contribution in [0.25, 0.3) is 10.2 Å². The predicted molar refractivity (Wildman–Crippen MR) is 160 cm³/mol. The van der Waals surface area contributed by atoms with Crippen molar-refractivity contribution in [2.45, 2.75) is 34.1 Å². The summed E-state index contributed by atoms with van der Waals surface area (Å²) in [7, 11) is 0. The van der Waals surface area contributed by atoms with Crippen LogP contribution in [0.15, 0.2) is 24.3 Å². The SMILES string of the molecule is CCOc1cc(C(=O)N(CCCN2CCOCC2)c2nc3c(C)c(Cl)ccc3s2)cc(OCC)c1OCC.Cl. The molecule has 0 radical (unpaired) electrons. The van der Waals surface area contributed by atoms with E-state index in [0.717, 1.165) is 55.0 Å². The molecule has 0 spiro atoms. The number of hydrogen-bond acceptors (Lipinski definition) is 8. The van der Waals surface area contributed by atoms with Crippen LogP contribution >= 0.6 is 35.3 Å². The number of ether oxygens (including phenoxy) is 4. The lowest BCUT2D eigenvalue weighted by atomic mass is 10.1. The highest BCUT2D eigenvalue weighted by atomic mass is 35.5. The number of aromatic nitrogens is 1. The Kier molecular flexibility index (Phi) is 11.9. The molecule has 214 valence electrons. The first-order chi connectivity index (χ1) is 18.5. The van der Waals surface area contributed by atoms with E-state index in [1.165, 1.54) is 11.3 Å². The average molecular weight is 599 g/mol. The molecule has 39 heavy (non-hydrogen) atoms. The molecule has 3 aromatic rings. The Bertz CT molecular complexity index is 1220. The number of thiazole rings is 1. The summed E-state index contributed by atoms with van der Waals surface area (Å²) in [6.45, 7) is 13.7. The quantitative estimate of drug-likeness (QED) is 0.244. The van der Waals surface area contributed by atoms with Gasteiger partial charge in [-0.3, -0.25) is 14.6 Å². The summed E-state index contributed by atoms with van der Waals surface area (Å²) >= 11 is 7.86. The van der Waals surface area contributed by atoms with Crippen molar-refractivity contribution in [3.8, 4) is 17.2 Å². The van der Waals surface area contributed by atoms with Crippen LogP contribution in [0.4, 0.5) is 5.13 Å². The molecule has 8 nitrogen and oxygen atoms in total. The van der Waals surface area contributed by atoms with E-state index in [2.05, 4.69) is 4.90 Å². The van der Waals surface area contributed by atoms with Crippen molar-refractivity contribution >= 4 is 56.6 Å². The molecule has 1 saturated heterocycles. The van der Waals surface area contributed by atoms with Crippen LogP contribution < -0.4 is 19.1 Å². The Morgan fingerprint density at radius 1 is 1.08 bits per heavy atom. The fourth-order valence-electron chi connectivity index (χ4n) is 4.43. The molecule has 2 aromatic carbocycles. The molecule has 0 bridgehead atoms. The van der Waals surface area contributed by atoms with Gasteiger partial charge in [0.25, 0.3) is 5.91 Å². The minimum Gasteiger partial charge on any atom is -0.490 e. The molecular weight excluding hydrogens is 561 g/mol. The molecule has 0 aliphatic carbocycles. The highest BCUT2D eigenvalue weighted by molar-refractivity contribution is 7.22. The topological polar surface area (TPSA) is 73.4 Å². The number of aryl methyl sites for hydroxylation is 1. The minimum atomic E-state index is -0.167. The fourth-order valence-corrected chi connectivity index (χ4v) is 5.64. The van der Waals surface area contributed by atoms with Crippen LogP contribution in [-0.4, -0.2) is 75.0 Å². The zero-order chi connectivity index (χ0) is 27.1. The van der Waals surface area contributed by atoms with E-state index in [1.807, 2.05) is 39.8 Å². The van der Waals surface area contributed by atoms with Gasteiger partial charge in [-0.25, -0.2) is 4.98 Å². The van der Waals surface area contributed by atoms with Gasteiger partial charge >= 0.3 is 0 Å². The smallest absolute Gasteiger partial charge is 0.260 e. The maximum atomic E-state index is 14.1. The largest absolute Gasteiger partial charge is 0.490 e. The molecule has 2 heterocycles. The molecule has 0 atom stereocenters. The van der Waals surface area contributed by atoms with Gasteiger partial charge < -0.3 is 18.9 Å². The molecule has 11 heteroatoms. The summed E-state index contributed by atoms with van der Waals surface area (Å²) in [6.07, 6.45) is 0.801. The Balaban J connectivity index is 0.00000420. The predicted octanol–water partition coefficient (Wildman–Crippen LogP) is 6.25. The van der Waals surface area contributed by atoms with Gasteiger partial charge in [-0.05, 0) is 63.9 Å². The highest BCUT2D eigenvalue weighted by Crippen LogP contribution is 2.40. The average Bonchev–Trinajstić information content (AvgIpc) is 3.36. The van der Waals surface area contributed by atoms with E-state index >= 15 is 0 Å². The van der Waals surface area contributed by atoms with Crippen LogP contribution in [0.2, 0.25) is 5.02 Å². The molecule has 1 fully saturated rings. The van der Waals surface area contributed by atoms with Crippen LogP contribution in [0, 0.1) is 6.92 Å². The molecule has 1 aromatic heterocycles. The maximum Gasteiger partial charge on any atom is 0.260 e. The summed E-state index contributed by atoms with van der Waals surface area (Å²) < 4.78 is 24.0. The van der Waals surface area contributed by atoms with Gasteiger partial charge in [0.15, 0.2) is 16.6 Å². The number of morpholine rings is 1. The number of carbonyl (C=O) groups is 1. The van der Waals surface area contributed by atoms with Gasteiger partial charge in [-0.2, -0.15) is 0 Å². The van der Waals surface area contributed by atoms with Crippen molar-refractivity contribution in [2.75, 3.05) is 64.1 Å². The Labute approximate surface area is 245 Å². The van der Waals surface area contributed by atoms with E-state index in [-0.39, 0.29) is 18.3 Å². The first kappa shape index (κ1) is 31.2. The highest BCUT2D eigenvalue weighted by Gasteiger charge is 2.26. The lowest BCUT2D eigenvalue weighted by Crippen LogP contribution is -2.39. The van der Waals surface area contributed by atoms with E-state index in [0.29, 0.717) is 59.3 Å². The molecule has 1 amide bonds. The lowest BCUT2D eigenvalue weighted by molar-refractivity contribution is 0.0376. The number of fused-ring (bicyclic) bond motifs is 1. The molecule has 0 saturated carbocycles. The molecule has 0 unspecified atom stereocenters. The van der Waals surface area contributed by atoms with Gasteiger partial charge in [-0.15, -0.1) is 12.4 Å². The zero-order valence-electron chi connectivity index (χ0n) is 23.0. The van der Waals surface area contributed by atoms with E-state index < -0.39 is 0 Å². The second-order valence-electron chi connectivity index (χ2n) is 8.88. The molecule has 1 aliphatic rings. The number of benzene rings is 2. The standard InChI is InChI=1S/C28H36ClN3O5S.ClH/c1-5-35-22-17-20(18-23(36-6-2)26(22)37-7-3)27(33)32(12-8-11-31-13-15-34-16-14-31)28-30-25-19(4)21(29)9-10-24(25)38-28;/h9-10,17-18H,5-8,11-16H2,1-4H3;1H. The van der Waals surface area contributed by atoms with Crippen LogP contribution in [0.3, 0.4) is 0 Å². The molecule has 4 rings (SSSR count). The lowest BCUT2D eigenvalue weighted by Gasteiger charge is -2.28. The van der Waals surface area contributed by atoms with Crippen molar-refractivity contribution in [3.05, 3.63) is 40.4 Å². The van der Waals surface area contributed by atoms with E-state index in [9.17, 15) is 4.79 Å². The number of carbonyl (C=O) groups excluding carboxylic acids is 1. The number of hydrogen-bond donors (Lipinski definition) is 0. The molecular formula is C28H37Cl2N3O5S. The van der Waals surface area contributed by atoms with Crippen molar-refractivity contribution in [2.24, 2.45) is 0 Å². The Morgan fingerprint density at radius 2 is 1.72 bits per heavy atom. The first-order valence-electron chi connectivity index (χ1n) is 13.2. The number of rotatable bonds is 12. The Hall–Kier alpha value is -2.30. The summed E-state index contributed by atoms with van der Waals surface area (Å²) in [5.74, 6) is 1.32. The molecule has 1 aliphatic heterocycles. The van der Waals surface area contributed by atoms with Crippen LogP contribution in [-0.2, 0) is 4.74 Å². The van der Waals surface area contributed by atoms with Gasteiger partial charge in [0.05, 0.1) is 43.3 Å². The van der Waals surface area contributed by atoms with Gasteiger partial charge in [0.2, 0.25) is 5.75 Å². The third-order valence-corrected chi connectivity index (χ3v) is 7.78. The first-order valence-corrected chi connectivity index (χ1v) is 14.4. The van der Waals surface area contributed by atoms with Gasteiger partial charge in [0.1, 0.15) is 0 Å². The third-order valence-electron chi connectivity index (χ3n) is 6.33. The number of anilines is 1. The molecule has 0 N–H and O–H groups in total. The minimum absolute atomic E-state index is 0. The van der Waals surface area contributed by atoms with Crippen molar-refractivity contribution < 1.29 is 23.7 Å². The Morgan fingerprint density at radius 3 is 2.33 bits per heavy atom. The third kappa shape index (κ3) is 7.46. The second kappa shape index (κ2) is 14.9. The summed E-state index contributed by atoms with van der Waals surface area (Å²) in [6, 6.07) is 7.31. The maximum absolute atomic E-state index is 14.1. The normalized spacial score (nSPS) is 13.7. The number of halogens is 2. The number of amides is 1. The summed E-state index contributed by atoms with van der Waals surface area (Å²) in [5.41, 5.74) is 2.19. The van der Waals surface area contributed by atoms with Gasteiger partial charge in [0, 0.05) is 36.8 Å². The monoisotopic (exact) mass is 597 g/mol. The zero-order valence-corrected chi connectivity index (χ0v) is 25.3. The number of nitrogens with zero attached hydrogens (tertiary/aromatic N) is 3. The van der Waals surface area contributed by atoms with Crippen LogP contribution in [0.5, 0.6) is 17.2 Å². The van der Waals surface area contributed by atoms with Crippen molar-refractivity contribution in [1.29, 1.82) is 0 Å². The second-order valence-corrected chi connectivity index (χ2v) is 10.3.